The molecule has 1 fully saturated rings. The molecule has 1 N–H and O–H groups in total. The second kappa shape index (κ2) is 6.57. The number of rotatable bonds is 5. The van der Waals surface area contributed by atoms with Gasteiger partial charge in [-0.1, -0.05) is 31.4 Å². The fraction of sp³-hybridized carbons (Fsp3) is 0.474. The highest BCUT2D eigenvalue weighted by molar-refractivity contribution is 5.83. The third kappa shape index (κ3) is 3.16. The van der Waals surface area contributed by atoms with Crippen LogP contribution in [0.15, 0.2) is 30.5 Å². The number of nitrogens with zero attached hydrogens (tertiary/aromatic N) is 1. The van der Waals surface area contributed by atoms with E-state index in [1.165, 1.54) is 0 Å². The van der Waals surface area contributed by atoms with Gasteiger partial charge in [0.15, 0.2) is 0 Å². The normalized spacial score (nSPS) is 17.1. The Morgan fingerprint density at radius 2 is 2.09 bits per heavy atom. The molecule has 0 saturated heterocycles. The summed E-state index contributed by atoms with van der Waals surface area (Å²) in [4.78, 5) is 16.2. The monoisotopic (exact) mass is 313 g/mol. The number of pyridine rings is 1. The van der Waals surface area contributed by atoms with Crippen LogP contribution in [0.4, 0.5) is 0 Å². The van der Waals surface area contributed by atoms with Gasteiger partial charge in [-0.15, -0.1) is 0 Å². The Morgan fingerprint density at radius 3 is 2.78 bits per heavy atom. The number of aliphatic carboxylic acids is 1. The summed E-state index contributed by atoms with van der Waals surface area (Å²) < 4.78 is 5.27. The summed E-state index contributed by atoms with van der Waals surface area (Å²) in [5, 5.41) is 10.8. The van der Waals surface area contributed by atoms with Crippen molar-refractivity contribution in [2.45, 2.75) is 44.9 Å². The molecule has 0 bridgehead atoms. The Morgan fingerprint density at radius 1 is 1.30 bits per heavy atom. The third-order valence-corrected chi connectivity index (χ3v) is 5.16. The van der Waals surface area contributed by atoms with E-state index in [0.717, 1.165) is 60.7 Å². The number of benzene rings is 1. The maximum atomic E-state index is 11.8. The molecular formula is C19H23NO3. The Labute approximate surface area is 136 Å². The lowest BCUT2D eigenvalue weighted by Crippen LogP contribution is -2.33. The van der Waals surface area contributed by atoms with Crippen molar-refractivity contribution in [1.29, 1.82) is 0 Å². The number of aryl methyl sites for hydroxylation is 1. The smallest absolute Gasteiger partial charge is 0.309 e. The predicted molar refractivity (Wildman–Crippen MR) is 89.8 cm³/mol. The molecule has 0 radical (unpaired) electrons. The SMILES string of the molecule is COc1cnc2cccc(CCC3(C(=O)O)CCCCC3)c2c1. The first kappa shape index (κ1) is 15.8. The zero-order chi connectivity index (χ0) is 16.3. The number of carboxylic acid groups (broad SMARTS) is 1. The largest absolute Gasteiger partial charge is 0.495 e. The van der Waals surface area contributed by atoms with E-state index in [1.807, 2.05) is 18.2 Å². The van der Waals surface area contributed by atoms with Gasteiger partial charge in [-0.3, -0.25) is 9.78 Å². The van der Waals surface area contributed by atoms with Crippen LogP contribution in [0.1, 0.15) is 44.1 Å². The molecule has 0 spiro atoms. The van der Waals surface area contributed by atoms with Crippen molar-refractivity contribution < 1.29 is 14.6 Å². The molecule has 4 nitrogen and oxygen atoms in total. The van der Waals surface area contributed by atoms with Crippen molar-refractivity contribution in [3.05, 3.63) is 36.0 Å². The van der Waals surface area contributed by atoms with Crippen LogP contribution in [0.2, 0.25) is 0 Å². The van der Waals surface area contributed by atoms with E-state index >= 15 is 0 Å². The zero-order valence-corrected chi connectivity index (χ0v) is 13.5. The summed E-state index contributed by atoms with van der Waals surface area (Å²) in [6.07, 6.45) is 7.98. The van der Waals surface area contributed by atoms with E-state index in [1.54, 1.807) is 13.3 Å². The molecule has 1 saturated carbocycles. The van der Waals surface area contributed by atoms with Crippen molar-refractivity contribution in [2.75, 3.05) is 7.11 Å². The number of carbonyl (C=O) groups is 1. The summed E-state index contributed by atoms with van der Waals surface area (Å²) in [7, 11) is 1.63. The number of ether oxygens (including phenoxy) is 1. The van der Waals surface area contributed by atoms with E-state index < -0.39 is 11.4 Å². The third-order valence-electron chi connectivity index (χ3n) is 5.16. The zero-order valence-electron chi connectivity index (χ0n) is 13.5. The second-order valence-corrected chi connectivity index (χ2v) is 6.51. The first-order valence-corrected chi connectivity index (χ1v) is 8.30. The quantitative estimate of drug-likeness (QED) is 0.898. The standard InChI is InChI=1S/C19H23NO3/c1-23-15-12-16-14(6-5-7-17(16)20-13-15)8-11-19(18(21)22)9-3-2-4-10-19/h5-7,12-13H,2-4,8-11H2,1H3,(H,21,22). The van der Waals surface area contributed by atoms with Crippen molar-refractivity contribution in [3.63, 3.8) is 0 Å². The topological polar surface area (TPSA) is 59.4 Å². The van der Waals surface area contributed by atoms with Gasteiger partial charge < -0.3 is 9.84 Å². The van der Waals surface area contributed by atoms with Gasteiger partial charge in [-0.2, -0.15) is 0 Å². The molecule has 0 amide bonds. The van der Waals surface area contributed by atoms with E-state index in [0.29, 0.717) is 6.42 Å². The van der Waals surface area contributed by atoms with E-state index in [-0.39, 0.29) is 0 Å². The first-order chi connectivity index (χ1) is 11.1. The highest BCUT2D eigenvalue weighted by atomic mass is 16.5. The summed E-state index contributed by atoms with van der Waals surface area (Å²) in [6.45, 7) is 0. The molecular weight excluding hydrogens is 290 g/mol. The van der Waals surface area contributed by atoms with Crippen molar-refractivity contribution in [1.82, 2.24) is 4.98 Å². The number of aromatic nitrogens is 1. The molecule has 23 heavy (non-hydrogen) atoms. The van der Waals surface area contributed by atoms with Gasteiger partial charge in [0.25, 0.3) is 0 Å². The summed E-state index contributed by atoms with van der Waals surface area (Å²) in [5.74, 6) is 0.101. The number of carboxylic acids is 1. The minimum atomic E-state index is -0.631. The molecule has 1 aromatic heterocycles. The lowest BCUT2D eigenvalue weighted by molar-refractivity contribution is -0.151. The Hall–Kier alpha value is -2.10. The number of hydrogen-bond acceptors (Lipinski definition) is 3. The van der Waals surface area contributed by atoms with Crippen LogP contribution in [-0.2, 0) is 11.2 Å². The second-order valence-electron chi connectivity index (χ2n) is 6.51. The molecule has 1 heterocycles. The predicted octanol–water partition coefficient (Wildman–Crippen LogP) is 4.21. The Kier molecular flexibility index (Phi) is 4.51. The summed E-state index contributed by atoms with van der Waals surface area (Å²) in [6, 6.07) is 8.03. The van der Waals surface area contributed by atoms with Gasteiger partial charge in [0, 0.05) is 5.39 Å². The molecule has 122 valence electrons. The van der Waals surface area contributed by atoms with Crippen LogP contribution in [0.25, 0.3) is 10.9 Å². The highest BCUT2D eigenvalue weighted by Gasteiger charge is 2.38. The van der Waals surface area contributed by atoms with Gasteiger partial charge in [0.1, 0.15) is 5.75 Å². The maximum absolute atomic E-state index is 11.8. The molecule has 0 aliphatic heterocycles. The van der Waals surface area contributed by atoms with Gasteiger partial charge >= 0.3 is 5.97 Å². The average Bonchev–Trinajstić information content (AvgIpc) is 2.60. The molecule has 1 aliphatic carbocycles. The lowest BCUT2D eigenvalue weighted by atomic mass is 9.70. The first-order valence-electron chi connectivity index (χ1n) is 8.30. The Balaban J connectivity index is 1.87. The lowest BCUT2D eigenvalue weighted by Gasteiger charge is -2.33. The average molecular weight is 313 g/mol. The van der Waals surface area contributed by atoms with E-state index in [9.17, 15) is 9.90 Å². The number of fused-ring (bicyclic) bond motifs is 1. The molecule has 4 heteroatoms. The van der Waals surface area contributed by atoms with Gasteiger partial charge in [0.2, 0.25) is 0 Å². The fourth-order valence-electron chi connectivity index (χ4n) is 3.69. The molecule has 1 aromatic carbocycles. The van der Waals surface area contributed by atoms with Crippen LogP contribution < -0.4 is 4.74 Å². The maximum Gasteiger partial charge on any atom is 0.309 e. The molecule has 1 aliphatic rings. The van der Waals surface area contributed by atoms with Crippen molar-refractivity contribution in [3.8, 4) is 5.75 Å². The Bertz CT molecular complexity index is 705. The molecule has 0 atom stereocenters. The van der Waals surface area contributed by atoms with Crippen LogP contribution in [-0.4, -0.2) is 23.2 Å². The van der Waals surface area contributed by atoms with Gasteiger partial charge in [0.05, 0.1) is 24.2 Å². The minimum absolute atomic E-state index is 0.549. The van der Waals surface area contributed by atoms with Crippen molar-refractivity contribution in [2.24, 2.45) is 5.41 Å². The fourth-order valence-corrected chi connectivity index (χ4v) is 3.69. The highest BCUT2D eigenvalue weighted by Crippen LogP contribution is 2.41. The van der Waals surface area contributed by atoms with E-state index in [2.05, 4.69) is 11.1 Å². The van der Waals surface area contributed by atoms with E-state index in [4.69, 9.17) is 4.74 Å². The van der Waals surface area contributed by atoms with Crippen LogP contribution in [0, 0.1) is 5.41 Å². The van der Waals surface area contributed by atoms with Crippen LogP contribution in [0.3, 0.4) is 0 Å². The molecule has 2 aromatic rings. The van der Waals surface area contributed by atoms with Crippen LogP contribution >= 0.6 is 0 Å². The van der Waals surface area contributed by atoms with Crippen molar-refractivity contribution >= 4 is 16.9 Å². The number of methoxy groups -OCH3 is 1. The van der Waals surface area contributed by atoms with Gasteiger partial charge in [-0.25, -0.2) is 0 Å². The van der Waals surface area contributed by atoms with Gasteiger partial charge in [-0.05, 0) is 43.4 Å². The molecule has 3 rings (SSSR count). The summed E-state index contributed by atoms with van der Waals surface area (Å²) >= 11 is 0. The number of hydrogen-bond donors (Lipinski definition) is 1. The minimum Gasteiger partial charge on any atom is -0.495 e. The van der Waals surface area contributed by atoms with Crippen LogP contribution in [0.5, 0.6) is 5.75 Å². The molecule has 0 unspecified atom stereocenters. The summed E-state index contributed by atoms with van der Waals surface area (Å²) in [5.41, 5.74) is 1.53.